The van der Waals surface area contributed by atoms with E-state index in [-0.39, 0.29) is 5.91 Å². The Balaban J connectivity index is 2.20. The minimum atomic E-state index is -0.122. The van der Waals surface area contributed by atoms with Crippen LogP contribution in [0.5, 0.6) is 0 Å². The van der Waals surface area contributed by atoms with E-state index in [0.717, 1.165) is 35.7 Å². The normalized spacial score (nSPS) is 10.2. The van der Waals surface area contributed by atoms with Gasteiger partial charge in [0.2, 0.25) is 0 Å². The lowest BCUT2D eigenvalue weighted by Gasteiger charge is -2.12. The van der Waals surface area contributed by atoms with Crippen LogP contribution in [0, 0.1) is 13.8 Å². The SMILES string of the molecule is CCCNc1ccccc1C(=O)Nc1ccc(C)nc1C. The molecule has 0 saturated carbocycles. The van der Waals surface area contributed by atoms with E-state index in [1.54, 1.807) is 0 Å². The summed E-state index contributed by atoms with van der Waals surface area (Å²) < 4.78 is 0. The molecule has 1 aromatic carbocycles. The molecule has 110 valence electrons. The molecule has 21 heavy (non-hydrogen) atoms. The molecule has 1 amide bonds. The molecule has 2 N–H and O–H groups in total. The second kappa shape index (κ2) is 6.88. The second-order valence-electron chi connectivity index (χ2n) is 5.01. The lowest BCUT2D eigenvalue weighted by atomic mass is 10.1. The van der Waals surface area contributed by atoms with Gasteiger partial charge in [0.25, 0.3) is 5.91 Å². The molecule has 0 unspecified atom stereocenters. The Morgan fingerprint density at radius 2 is 1.86 bits per heavy atom. The molecule has 1 aromatic heterocycles. The predicted molar refractivity (Wildman–Crippen MR) is 86.9 cm³/mol. The van der Waals surface area contributed by atoms with Crippen LogP contribution in [0.2, 0.25) is 0 Å². The first kappa shape index (κ1) is 15.0. The van der Waals surface area contributed by atoms with Crippen molar-refractivity contribution in [3.63, 3.8) is 0 Å². The van der Waals surface area contributed by atoms with Crippen LogP contribution in [0.3, 0.4) is 0 Å². The molecular weight excluding hydrogens is 262 g/mol. The number of anilines is 2. The third-order valence-electron chi connectivity index (χ3n) is 3.21. The van der Waals surface area contributed by atoms with Crippen molar-refractivity contribution >= 4 is 17.3 Å². The van der Waals surface area contributed by atoms with Crippen molar-refractivity contribution in [2.75, 3.05) is 17.2 Å². The number of para-hydroxylation sites is 1. The molecule has 0 radical (unpaired) electrons. The lowest BCUT2D eigenvalue weighted by Crippen LogP contribution is -2.16. The molecule has 0 aliphatic rings. The first-order valence-corrected chi connectivity index (χ1v) is 7.20. The van der Waals surface area contributed by atoms with E-state index in [1.807, 2.05) is 50.2 Å². The minimum Gasteiger partial charge on any atom is -0.384 e. The molecule has 0 aliphatic heterocycles. The van der Waals surface area contributed by atoms with Gasteiger partial charge in [0.1, 0.15) is 0 Å². The van der Waals surface area contributed by atoms with Crippen molar-refractivity contribution < 1.29 is 4.79 Å². The number of carbonyl (C=O) groups excluding carboxylic acids is 1. The average Bonchev–Trinajstić information content (AvgIpc) is 2.48. The highest BCUT2D eigenvalue weighted by atomic mass is 16.1. The Kier molecular flexibility index (Phi) is 4.93. The molecule has 0 bridgehead atoms. The van der Waals surface area contributed by atoms with Crippen molar-refractivity contribution in [3.05, 3.63) is 53.3 Å². The molecule has 0 aliphatic carbocycles. The fourth-order valence-corrected chi connectivity index (χ4v) is 2.10. The first-order chi connectivity index (χ1) is 10.1. The van der Waals surface area contributed by atoms with E-state index in [4.69, 9.17) is 0 Å². The van der Waals surface area contributed by atoms with E-state index in [9.17, 15) is 4.79 Å². The van der Waals surface area contributed by atoms with E-state index in [2.05, 4.69) is 22.5 Å². The molecule has 0 saturated heterocycles. The molecular formula is C17H21N3O. The van der Waals surface area contributed by atoms with Gasteiger partial charge in [0.05, 0.1) is 16.9 Å². The number of nitrogens with one attached hydrogen (secondary N) is 2. The highest BCUT2D eigenvalue weighted by Gasteiger charge is 2.12. The summed E-state index contributed by atoms with van der Waals surface area (Å²) in [6, 6.07) is 11.3. The van der Waals surface area contributed by atoms with Crippen LogP contribution in [-0.2, 0) is 0 Å². The Bertz CT molecular complexity index is 638. The van der Waals surface area contributed by atoms with Crippen LogP contribution >= 0.6 is 0 Å². The lowest BCUT2D eigenvalue weighted by molar-refractivity contribution is 0.102. The van der Waals surface area contributed by atoms with Gasteiger partial charge in [-0.3, -0.25) is 9.78 Å². The maximum atomic E-state index is 12.5. The summed E-state index contributed by atoms with van der Waals surface area (Å²) in [7, 11) is 0. The van der Waals surface area contributed by atoms with E-state index in [0.29, 0.717) is 5.56 Å². The Hall–Kier alpha value is -2.36. The Labute approximate surface area is 125 Å². The van der Waals surface area contributed by atoms with Gasteiger partial charge in [-0.1, -0.05) is 19.1 Å². The van der Waals surface area contributed by atoms with Crippen LogP contribution in [0.1, 0.15) is 35.1 Å². The van der Waals surface area contributed by atoms with Gasteiger partial charge in [-0.25, -0.2) is 0 Å². The van der Waals surface area contributed by atoms with E-state index >= 15 is 0 Å². The monoisotopic (exact) mass is 283 g/mol. The summed E-state index contributed by atoms with van der Waals surface area (Å²) in [5.41, 5.74) is 4.01. The maximum absolute atomic E-state index is 12.5. The van der Waals surface area contributed by atoms with Gasteiger partial charge in [-0.15, -0.1) is 0 Å². The van der Waals surface area contributed by atoms with Crippen molar-refractivity contribution in [2.24, 2.45) is 0 Å². The smallest absolute Gasteiger partial charge is 0.257 e. The number of nitrogens with zero attached hydrogens (tertiary/aromatic N) is 1. The fourth-order valence-electron chi connectivity index (χ4n) is 2.10. The number of rotatable bonds is 5. The van der Waals surface area contributed by atoms with Crippen LogP contribution < -0.4 is 10.6 Å². The van der Waals surface area contributed by atoms with Crippen LogP contribution in [0.25, 0.3) is 0 Å². The zero-order chi connectivity index (χ0) is 15.2. The topological polar surface area (TPSA) is 54.0 Å². The molecule has 2 aromatic rings. The highest BCUT2D eigenvalue weighted by molar-refractivity contribution is 6.08. The van der Waals surface area contributed by atoms with Crippen molar-refractivity contribution in [1.29, 1.82) is 0 Å². The zero-order valence-electron chi connectivity index (χ0n) is 12.7. The molecule has 2 rings (SSSR count). The Morgan fingerprint density at radius 3 is 2.57 bits per heavy atom. The van der Waals surface area contributed by atoms with Crippen LogP contribution in [0.4, 0.5) is 11.4 Å². The van der Waals surface area contributed by atoms with E-state index < -0.39 is 0 Å². The Morgan fingerprint density at radius 1 is 1.10 bits per heavy atom. The zero-order valence-corrected chi connectivity index (χ0v) is 12.7. The molecule has 4 nitrogen and oxygen atoms in total. The first-order valence-electron chi connectivity index (χ1n) is 7.20. The largest absolute Gasteiger partial charge is 0.384 e. The number of hydrogen-bond donors (Lipinski definition) is 2. The third kappa shape index (κ3) is 3.81. The number of carbonyl (C=O) groups is 1. The molecule has 1 heterocycles. The third-order valence-corrected chi connectivity index (χ3v) is 3.21. The number of hydrogen-bond acceptors (Lipinski definition) is 3. The fraction of sp³-hybridized carbons (Fsp3) is 0.294. The summed E-state index contributed by atoms with van der Waals surface area (Å²) in [5.74, 6) is -0.122. The molecule has 4 heteroatoms. The number of pyridine rings is 1. The van der Waals surface area contributed by atoms with Crippen LogP contribution in [0.15, 0.2) is 36.4 Å². The molecule has 0 spiro atoms. The van der Waals surface area contributed by atoms with Gasteiger partial charge in [-0.05, 0) is 44.5 Å². The van der Waals surface area contributed by atoms with Crippen LogP contribution in [-0.4, -0.2) is 17.4 Å². The predicted octanol–water partition coefficient (Wildman–Crippen LogP) is 3.77. The van der Waals surface area contributed by atoms with Gasteiger partial charge in [0.15, 0.2) is 0 Å². The van der Waals surface area contributed by atoms with Gasteiger partial charge in [0, 0.05) is 17.9 Å². The standard InChI is InChI=1S/C17H21N3O/c1-4-11-18-16-8-6-5-7-14(16)17(21)20-15-10-9-12(2)19-13(15)3/h5-10,18H,4,11H2,1-3H3,(H,20,21). The number of aromatic nitrogens is 1. The van der Waals surface area contributed by atoms with Gasteiger partial charge < -0.3 is 10.6 Å². The van der Waals surface area contributed by atoms with Gasteiger partial charge >= 0.3 is 0 Å². The summed E-state index contributed by atoms with van der Waals surface area (Å²) in [6.45, 7) is 6.76. The second-order valence-corrected chi connectivity index (χ2v) is 5.01. The molecule has 0 atom stereocenters. The van der Waals surface area contributed by atoms with E-state index in [1.165, 1.54) is 0 Å². The maximum Gasteiger partial charge on any atom is 0.257 e. The number of benzene rings is 1. The minimum absolute atomic E-state index is 0.122. The summed E-state index contributed by atoms with van der Waals surface area (Å²) in [4.78, 5) is 16.8. The number of amides is 1. The van der Waals surface area contributed by atoms with Gasteiger partial charge in [-0.2, -0.15) is 0 Å². The molecule has 0 fully saturated rings. The highest BCUT2D eigenvalue weighted by Crippen LogP contribution is 2.19. The van der Waals surface area contributed by atoms with Crippen molar-refractivity contribution in [1.82, 2.24) is 4.98 Å². The summed E-state index contributed by atoms with van der Waals surface area (Å²) in [5, 5.41) is 6.21. The average molecular weight is 283 g/mol. The summed E-state index contributed by atoms with van der Waals surface area (Å²) >= 11 is 0. The number of aryl methyl sites for hydroxylation is 2. The van der Waals surface area contributed by atoms with Crippen molar-refractivity contribution in [2.45, 2.75) is 27.2 Å². The quantitative estimate of drug-likeness (QED) is 0.878. The van der Waals surface area contributed by atoms with Crippen molar-refractivity contribution in [3.8, 4) is 0 Å². The summed E-state index contributed by atoms with van der Waals surface area (Å²) in [6.07, 6.45) is 1.01.